The van der Waals surface area contributed by atoms with Gasteiger partial charge in [0.15, 0.2) is 0 Å². The van der Waals surface area contributed by atoms with Crippen molar-refractivity contribution in [2.75, 3.05) is 20.2 Å². The van der Waals surface area contributed by atoms with Crippen molar-refractivity contribution in [2.24, 2.45) is 7.05 Å². The minimum atomic E-state index is -3.82. The van der Waals surface area contributed by atoms with E-state index in [1.54, 1.807) is 19.1 Å². The second-order valence-corrected chi connectivity index (χ2v) is 7.40. The first-order chi connectivity index (χ1) is 9.32. The van der Waals surface area contributed by atoms with Gasteiger partial charge in [0, 0.05) is 44.1 Å². The first-order valence-electron chi connectivity index (χ1n) is 6.26. The van der Waals surface area contributed by atoms with Crippen LogP contribution in [0.5, 0.6) is 0 Å². The average Bonchev–Trinajstić information content (AvgIpc) is 2.80. The average molecular weight is 321 g/mol. The summed E-state index contributed by atoms with van der Waals surface area (Å²) in [5.41, 5.74) is 0.320. The van der Waals surface area contributed by atoms with Gasteiger partial charge in [0.25, 0.3) is 15.0 Å². The van der Waals surface area contributed by atoms with E-state index in [1.165, 1.54) is 16.8 Å². The number of aromatic nitrogens is 1. The molecule has 0 atom stereocenters. The summed E-state index contributed by atoms with van der Waals surface area (Å²) in [6.45, 7) is 1.21. The van der Waals surface area contributed by atoms with Crippen molar-refractivity contribution < 1.29 is 17.9 Å². The third-order valence-corrected chi connectivity index (χ3v) is 4.86. The lowest BCUT2D eigenvalue weighted by atomic mass is 10.1. The van der Waals surface area contributed by atoms with Crippen LogP contribution in [0, 0.1) is 0 Å². The number of halogens is 1. The zero-order valence-electron chi connectivity index (χ0n) is 11.4. The molecule has 1 amide bonds. The maximum absolute atomic E-state index is 12.4. The van der Waals surface area contributed by atoms with Gasteiger partial charge < -0.3 is 14.2 Å². The maximum Gasteiger partial charge on any atom is 0.270 e. The molecular weight excluding hydrogens is 304 g/mol. The smallest absolute Gasteiger partial charge is 0.270 e. The molecule has 2 heterocycles. The Morgan fingerprint density at radius 2 is 2.00 bits per heavy atom. The lowest BCUT2D eigenvalue weighted by Crippen LogP contribution is -2.41. The molecule has 2 rings (SSSR count). The van der Waals surface area contributed by atoms with Gasteiger partial charge in [-0.2, -0.15) is 0 Å². The molecule has 6 nitrogen and oxygen atoms in total. The fourth-order valence-electron chi connectivity index (χ4n) is 2.34. The Balaban J connectivity index is 2.16. The second-order valence-electron chi connectivity index (χ2n) is 4.84. The molecule has 112 valence electrons. The standard InChI is InChI=1S/C12H17ClN2O4S/c1-14-8-10(20(13,17)18)7-11(14)12(16)15-5-3-9(19-2)4-6-15/h7-9H,3-6H2,1-2H3. The fourth-order valence-corrected chi connectivity index (χ4v) is 3.13. The SMILES string of the molecule is COC1CCN(C(=O)c2cc(S(=O)(=O)Cl)cn2C)CC1. The van der Waals surface area contributed by atoms with Crippen molar-refractivity contribution in [2.45, 2.75) is 23.8 Å². The third-order valence-electron chi connectivity index (χ3n) is 3.54. The van der Waals surface area contributed by atoms with Gasteiger partial charge in [-0.25, -0.2) is 8.42 Å². The highest BCUT2D eigenvalue weighted by molar-refractivity contribution is 8.13. The summed E-state index contributed by atoms with van der Waals surface area (Å²) < 4.78 is 29.3. The van der Waals surface area contributed by atoms with Crippen LogP contribution in [0.15, 0.2) is 17.2 Å². The molecule has 1 aromatic rings. The summed E-state index contributed by atoms with van der Waals surface area (Å²) in [5, 5.41) is 0. The first kappa shape index (κ1) is 15.3. The molecule has 1 aliphatic rings. The van der Waals surface area contributed by atoms with Crippen molar-refractivity contribution in [1.29, 1.82) is 0 Å². The van der Waals surface area contributed by atoms with Crippen LogP contribution in [0.2, 0.25) is 0 Å². The van der Waals surface area contributed by atoms with Crippen LogP contribution < -0.4 is 0 Å². The Kier molecular flexibility index (Phi) is 4.41. The van der Waals surface area contributed by atoms with Crippen LogP contribution in [0.3, 0.4) is 0 Å². The highest BCUT2D eigenvalue weighted by atomic mass is 35.7. The lowest BCUT2D eigenvalue weighted by Gasteiger charge is -2.31. The van der Waals surface area contributed by atoms with E-state index >= 15 is 0 Å². The van der Waals surface area contributed by atoms with E-state index in [1.807, 2.05) is 0 Å². The molecule has 0 unspecified atom stereocenters. The normalized spacial score (nSPS) is 17.4. The number of carbonyl (C=O) groups is 1. The minimum Gasteiger partial charge on any atom is -0.381 e. The number of rotatable bonds is 3. The number of likely N-dealkylation sites (tertiary alicyclic amines) is 1. The second kappa shape index (κ2) is 5.75. The predicted octanol–water partition coefficient (Wildman–Crippen LogP) is 1.20. The topological polar surface area (TPSA) is 68.6 Å². The van der Waals surface area contributed by atoms with Crippen molar-refractivity contribution >= 4 is 25.6 Å². The summed E-state index contributed by atoms with van der Waals surface area (Å²) in [4.78, 5) is 14.0. The first-order valence-corrected chi connectivity index (χ1v) is 8.57. The van der Waals surface area contributed by atoms with Crippen molar-refractivity contribution in [3.63, 3.8) is 0 Å². The highest BCUT2D eigenvalue weighted by Crippen LogP contribution is 2.21. The number of carbonyl (C=O) groups excluding carboxylic acids is 1. The third kappa shape index (κ3) is 3.16. The summed E-state index contributed by atoms with van der Waals surface area (Å²) in [6.07, 6.45) is 3.10. The zero-order valence-corrected chi connectivity index (χ0v) is 12.9. The van der Waals surface area contributed by atoms with Crippen LogP contribution in [-0.4, -0.2) is 50.1 Å². The summed E-state index contributed by atoms with van der Waals surface area (Å²) in [5.74, 6) is -0.186. The molecular formula is C12H17ClN2O4S. The molecule has 0 aromatic carbocycles. The van der Waals surface area contributed by atoms with Gasteiger partial charge in [0.2, 0.25) is 0 Å². The van der Waals surface area contributed by atoms with E-state index in [0.29, 0.717) is 18.8 Å². The Morgan fingerprint density at radius 3 is 2.45 bits per heavy atom. The molecule has 1 saturated heterocycles. The predicted molar refractivity (Wildman–Crippen MR) is 74.4 cm³/mol. The van der Waals surface area contributed by atoms with Gasteiger partial charge in [-0.3, -0.25) is 4.79 Å². The van der Waals surface area contributed by atoms with E-state index in [-0.39, 0.29) is 16.9 Å². The van der Waals surface area contributed by atoms with Gasteiger partial charge in [-0.15, -0.1) is 0 Å². The number of piperidine rings is 1. The number of aryl methyl sites for hydroxylation is 1. The van der Waals surface area contributed by atoms with Crippen LogP contribution >= 0.6 is 10.7 Å². The number of hydrogen-bond acceptors (Lipinski definition) is 4. The summed E-state index contributed by atoms with van der Waals surface area (Å²) in [6, 6.07) is 1.31. The van der Waals surface area contributed by atoms with Crippen LogP contribution in [0.4, 0.5) is 0 Å². The summed E-state index contributed by atoms with van der Waals surface area (Å²) >= 11 is 0. The quantitative estimate of drug-likeness (QED) is 0.785. The van der Waals surface area contributed by atoms with Gasteiger partial charge in [0.05, 0.1) is 6.10 Å². The Morgan fingerprint density at radius 1 is 1.40 bits per heavy atom. The minimum absolute atomic E-state index is 0.0585. The van der Waals surface area contributed by atoms with Crippen molar-refractivity contribution in [3.05, 3.63) is 18.0 Å². The number of ether oxygens (including phenoxy) is 1. The van der Waals surface area contributed by atoms with E-state index in [0.717, 1.165) is 12.8 Å². The van der Waals surface area contributed by atoms with Gasteiger partial charge >= 0.3 is 0 Å². The number of methoxy groups -OCH3 is 1. The maximum atomic E-state index is 12.4. The monoisotopic (exact) mass is 320 g/mol. The molecule has 1 aromatic heterocycles. The van der Waals surface area contributed by atoms with Crippen molar-refractivity contribution in [1.82, 2.24) is 9.47 Å². The molecule has 0 bridgehead atoms. The number of hydrogen-bond donors (Lipinski definition) is 0. The largest absolute Gasteiger partial charge is 0.381 e. The van der Waals surface area contributed by atoms with Gasteiger partial charge in [0.1, 0.15) is 10.6 Å². The van der Waals surface area contributed by atoms with Gasteiger partial charge in [-0.1, -0.05) is 0 Å². The molecule has 0 radical (unpaired) electrons. The molecule has 1 fully saturated rings. The Labute approximate surface area is 122 Å². The molecule has 0 spiro atoms. The molecule has 20 heavy (non-hydrogen) atoms. The zero-order chi connectivity index (χ0) is 14.9. The molecule has 8 heteroatoms. The van der Waals surface area contributed by atoms with E-state index in [4.69, 9.17) is 15.4 Å². The van der Waals surface area contributed by atoms with Crippen LogP contribution in [0.25, 0.3) is 0 Å². The molecule has 1 aliphatic heterocycles. The molecule has 0 aliphatic carbocycles. The van der Waals surface area contributed by atoms with E-state index in [2.05, 4.69) is 0 Å². The molecule has 0 saturated carbocycles. The molecule has 0 N–H and O–H groups in total. The Hall–Kier alpha value is -1.05. The van der Waals surface area contributed by atoms with Gasteiger partial charge in [-0.05, 0) is 18.9 Å². The van der Waals surface area contributed by atoms with Crippen LogP contribution in [-0.2, 0) is 20.8 Å². The van der Waals surface area contributed by atoms with E-state index in [9.17, 15) is 13.2 Å². The fraction of sp³-hybridized carbons (Fsp3) is 0.583. The van der Waals surface area contributed by atoms with Crippen LogP contribution in [0.1, 0.15) is 23.3 Å². The van der Waals surface area contributed by atoms with Crippen molar-refractivity contribution in [3.8, 4) is 0 Å². The lowest BCUT2D eigenvalue weighted by molar-refractivity contribution is 0.0346. The van der Waals surface area contributed by atoms with E-state index < -0.39 is 9.05 Å². The highest BCUT2D eigenvalue weighted by Gasteiger charge is 2.26. The Bertz CT molecular complexity index is 603. The summed E-state index contributed by atoms with van der Waals surface area (Å²) in [7, 11) is 4.76. The number of nitrogens with zero attached hydrogens (tertiary/aromatic N) is 2. The number of amides is 1.